The van der Waals surface area contributed by atoms with Gasteiger partial charge < -0.3 is 19.4 Å². The summed E-state index contributed by atoms with van der Waals surface area (Å²) in [6.45, 7) is 1.91. The monoisotopic (exact) mass is 592 g/mol. The number of methoxy groups -OCH3 is 1. The molecule has 2 heterocycles. The minimum absolute atomic E-state index is 0.136. The molecule has 1 aliphatic rings. The van der Waals surface area contributed by atoms with Crippen LogP contribution in [0.15, 0.2) is 33.9 Å². The summed E-state index contributed by atoms with van der Waals surface area (Å²) in [4.78, 5) is 26.6. The van der Waals surface area contributed by atoms with Crippen molar-refractivity contribution in [3.8, 4) is 5.75 Å². The van der Waals surface area contributed by atoms with Gasteiger partial charge in [-0.15, -0.1) is 21.5 Å². The molecular weight excluding hydrogens is 564 g/mol. The number of fused-ring (bicyclic) bond motifs is 1. The highest BCUT2D eigenvalue weighted by Crippen LogP contribution is 2.37. The molecule has 2 aromatic heterocycles. The minimum atomic E-state index is -0.395. The number of amides is 1. The number of carbonyl (C=O) groups is 2. The van der Waals surface area contributed by atoms with E-state index in [9.17, 15) is 9.59 Å². The lowest BCUT2D eigenvalue weighted by molar-refractivity contribution is -0.113. The van der Waals surface area contributed by atoms with Crippen LogP contribution in [0.2, 0.25) is 0 Å². The molecule has 8 nitrogen and oxygen atoms in total. The first-order valence-corrected chi connectivity index (χ1v) is 14.4. The van der Waals surface area contributed by atoms with Crippen LogP contribution in [0.5, 0.6) is 5.75 Å². The average molecular weight is 594 g/mol. The predicted octanol–water partition coefficient (Wildman–Crippen LogP) is 5.96. The van der Waals surface area contributed by atoms with E-state index in [1.54, 1.807) is 0 Å². The maximum atomic E-state index is 12.9. The third kappa shape index (κ3) is 6.30. The van der Waals surface area contributed by atoms with Gasteiger partial charge in [-0.2, -0.15) is 0 Å². The minimum Gasteiger partial charge on any atom is -0.483 e. The highest BCUT2D eigenvalue weighted by Gasteiger charge is 2.26. The number of aromatic nitrogens is 3. The molecule has 4 rings (SSSR count). The number of hydrogen-bond acceptors (Lipinski definition) is 8. The molecule has 192 valence electrons. The van der Waals surface area contributed by atoms with Crippen molar-refractivity contribution < 1.29 is 19.1 Å². The maximum absolute atomic E-state index is 12.9. The first-order valence-electron chi connectivity index (χ1n) is 11.8. The zero-order chi connectivity index (χ0) is 25.7. The molecule has 11 heteroatoms. The number of nitrogens with one attached hydrogen (secondary N) is 1. The number of benzene rings is 1. The number of hydrogen-bond donors (Lipinski definition) is 1. The lowest BCUT2D eigenvalue weighted by Gasteiger charge is -2.14. The fraction of sp³-hybridized carbons (Fsp3) is 0.440. The van der Waals surface area contributed by atoms with E-state index in [1.807, 2.05) is 42.8 Å². The Balaban J connectivity index is 1.41. The van der Waals surface area contributed by atoms with Crippen molar-refractivity contribution in [2.75, 3.05) is 18.2 Å². The second-order valence-electron chi connectivity index (χ2n) is 8.56. The Kier molecular flexibility index (Phi) is 9.08. The molecule has 1 amide bonds. The molecule has 1 aliphatic carbocycles. The van der Waals surface area contributed by atoms with E-state index in [1.165, 1.54) is 41.5 Å². The molecular formula is C25H29BrN4O4S2. The van der Waals surface area contributed by atoms with Crippen LogP contribution in [0.3, 0.4) is 0 Å². The van der Waals surface area contributed by atoms with E-state index >= 15 is 0 Å². The Labute approximate surface area is 227 Å². The van der Waals surface area contributed by atoms with Gasteiger partial charge in [-0.1, -0.05) is 40.5 Å². The van der Waals surface area contributed by atoms with Gasteiger partial charge >= 0.3 is 5.97 Å². The van der Waals surface area contributed by atoms with Gasteiger partial charge in [-0.05, 0) is 62.4 Å². The van der Waals surface area contributed by atoms with Gasteiger partial charge in [-0.3, -0.25) is 4.79 Å². The highest BCUT2D eigenvalue weighted by molar-refractivity contribution is 9.10. The summed E-state index contributed by atoms with van der Waals surface area (Å²) in [5.41, 5.74) is 1.55. The summed E-state index contributed by atoms with van der Waals surface area (Å²) in [6.07, 6.45) is 5.92. The quantitative estimate of drug-likeness (QED) is 0.255. The molecule has 0 saturated heterocycles. The van der Waals surface area contributed by atoms with Gasteiger partial charge in [0, 0.05) is 16.4 Å². The van der Waals surface area contributed by atoms with E-state index in [2.05, 4.69) is 31.4 Å². The van der Waals surface area contributed by atoms with Crippen molar-refractivity contribution in [2.24, 2.45) is 7.05 Å². The SMILES string of the molecule is COC(=O)c1c(NC(=O)CSc2nnc(C(C)Oc3ccc(Br)cc3)n2C)sc2c1CCCCCC2. The van der Waals surface area contributed by atoms with Gasteiger partial charge in [-0.25, -0.2) is 4.79 Å². The van der Waals surface area contributed by atoms with Gasteiger partial charge in [0.15, 0.2) is 17.1 Å². The topological polar surface area (TPSA) is 95.3 Å². The van der Waals surface area contributed by atoms with Crippen molar-refractivity contribution in [2.45, 2.75) is 56.7 Å². The molecule has 1 N–H and O–H groups in total. The molecule has 0 aliphatic heterocycles. The number of nitrogens with zero attached hydrogens (tertiary/aromatic N) is 3. The zero-order valence-electron chi connectivity index (χ0n) is 20.5. The Morgan fingerprint density at radius 3 is 2.61 bits per heavy atom. The largest absolute Gasteiger partial charge is 0.483 e. The van der Waals surface area contributed by atoms with Crippen LogP contribution in [0, 0.1) is 0 Å². The molecule has 1 unspecified atom stereocenters. The Morgan fingerprint density at radius 2 is 1.89 bits per heavy atom. The maximum Gasteiger partial charge on any atom is 0.341 e. The normalized spacial score (nSPS) is 14.3. The predicted molar refractivity (Wildman–Crippen MR) is 145 cm³/mol. The van der Waals surface area contributed by atoms with E-state index in [4.69, 9.17) is 9.47 Å². The van der Waals surface area contributed by atoms with Gasteiger partial charge in [0.1, 0.15) is 10.8 Å². The summed E-state index contributed by atoms with van der Waals surface area (Å²) in [5.74, 6) is 0.925. The van der Waals surface area contributed by atoms with Crippen LogP contribution in [0.4, 0.5) is 5.00 Å². The van der Waals surface area contributed by atoms with Crippen LogP contribution in [0.1, 0.15) is 65.3 Å². The molecule has 1 aromatic carbocycles. The Bertz CT molecular complexity index is 1230. The van der Waals surface area contributed by atoms with Crippen LogP contribution >= 0.6 is 39.0 Å². The van der Waals surface area contributed by atoms with E-state index in [0.29, 0.717) is 21.5 Å². The summed E-state index contributed by atoms with van der Waals surface area (Å²) in [5, 5.41) is 12.6. The third-order valence-electron chi connectivity index (χ3n) is 6.00. The smallest absolute Gasteiger partial charge is 0.341 e. The first-order chi connectivity index (χ1) is 17.4. The standard InChI is InChI=1S/C25H29BrN4O4S2/c1-15(34-17-12-10-16(26)11-13-17)22-28-29-25(30(22)2)35-14-20(31)27-23-21(24(32)33-3)18-8-6-4-5-7-9-19(18)36-23/h10-13,15H,4-9,14H2,1-3H3,(H,27,31). The van der Waals surface area contributed by atoms with E-state index < -0.39 is 5.97 Å². The number of thiophene rings is 1. The lowest BCUT2D eigenvalue weighted by Crippen LogP contribution is -2.17. The Morgan fingerprint density at radius 1 is 1.17 bits per heavy atom. The van der Waals surface area contributed by atoms with Crippen molar-refractivity contribution in [1.29, 1.82) is 0 Å². The number of aryl methyl sites for hydroxylation is 1. The van der Waals surface area contributed by atoms with Gasteiger partial charge in [0.25, 0.3) is 0 Å². The number of anilines is 1. The van der Waals surface area contributed by atoms with Crippen LogP contribution in [0.25, 0.3) is 0 Å². The lowest BCUT2D eigenvalue weighted by atomic mass is 9.96. The number of ether oxygens (including phenoxy) is 2. The van der Waals surface area contributed by atoms with Gasteiger partial charge in [0.05, 0.1) is 18.4 Å². The molecule has 36 heavy (non-hydrogen) atoms. The summed E-state index contributed by atoms with van der Waals surface area (Å²) in [6, 6.07) is 7.59. The fourth-order valence-corrected chi connectivity index (χ4v) is 6.47. The molecule has 1 atom stereocenters. The van der Waals surface area contributed by atoms with Crippen molar-refractivity contribution in [3.05, 3.63) is 50.6 Å². The highest BCUT2D eigenvalue weighted by atomic mass is 79.9. The van der Waals surface area contributed by atoms with Crippen molar-refractivity contribution in [1.82, 2.24) is 14.8 Å². The molecule has 0 spiro atoms. The number of rotatable bonds is 8. The van der Waals surface area contributed by atoms with E-state index in [-0.39, 0.29) is 17.8 Å². The summed E-state index contributed by atoms with van der Waals surface area (Å²) < 4.78 is 13.8. The third-order valence-corrected chi connectivity index (χ3v) is 8.76. The number of thioether (sulfide) groups is 1. The van der Waals surface area contributed by atoms with Crippen molar-refractivity contribution in [3.63, 3.8) is 0 Å². The molecule has 0 saturated carbocycles. The van der Waals surface area contributed by atoms with Crippen LogP contribution in [-0.2, 0) is 29.4 Å². The van der Waals surface area contributed by atoms with Gasteiger partial charge in [0.2, 0.25) is 5.91 Å². The van der Waals surface area contributed by atoms with Crippen molar-refractivity contribution >= 4 is 55.9 Å². The fourth-order valence-electron chi connectivity index (χ4n) is 4.19. The Hall–Kier alpha value is -2.37. The summed E-state index contributed by atoms with van der Waals surface area (Å²) >= 11 is 6.20. The summed E-state index contributed by atoms with van der Waals surface area (Å²) in [7, 11) is 3.23. The molecule has 3 aromatic rings. The second kappa shape index (κ2) is 12.2. The number of esters is 1. The first kappa shape index (κ1) is 26.7. The second-order valence-corrected chi connectivity index (χ2v) is 11.5. The zero-order valence-corrected chi connectivity index (χ0v) is 23.7. The van der Waals surface area contributed by atoms with E-state index in [0.717, 1.165) is 47.9 Å². The number of carbonyl (C=O) groups excluding carboxylic acids is 2. The van der Waals surface area contributed by atoms with Crippen LogP contribution in [-0.4, -0.2) is 39.5 Å². The number of halogens is 1. The molecule has 0 bridgehead atoms. The molecule has 0 fully saturated rings. The molecule has 0 radical (unpaired) electrons. The van der Waals surface area contributed by atoms with Crippen LogP contribution < -0.4 is 10.1 Å². The average Bonchev–Trinajstić information content (AvgIpc) is 3.38.